The fraction of sp³-hybridized carbons (Fsp3) is 0.579. The molecule has 2 heterocycles. The molecule has 2 aliphatic rings. The van der Waals surface area contributed by atoms with Crippen LogP contribution in [0.1, 0.15) is 44.0 Å². The highest BCUT2D eigenvalue weighted by atomic mass is 16.6. The van der Waals surface area contributed by atoms with E-state index in [1.807, 2.05) is 20.8 Å². The Bertz CT molecular complexity index is 683. The van der Waals surface area contributed by atoms with Gasteiger partial charge in [-0.3, -0.25) is 4.79 Å². The van der Waals surface area contributed by atoms with Gasteiger partial charge in [0.25, 0.3) is 5.91 Å². The van der Waals surface area contributed by atoms with Crippen LogP contribution in [0.15, 0.2) is 18.2 Å². The molecule has 0 aliphatic carbocycles. The second-order valence-electron chi connectivity index (χ2n) is 7.60. The summed E-state index contributed by atoms with van der Waals surface area (Å²) in [5.41, 5.74) is -0.0120. The van der Waals surface area contributed by atoms with E-state index in [2.05, 4.69) is 5.32 Å². The Kier molecular flexibility index (Phi) is 5.25. The minimum Gasteiger partial charge on any atom is -0.486 e. The Balaban J connectivity index is 1.59. The standard InChI is InChI=1S/C19H26N2O5/c1-19(2,3)26-18(23)21-8-4-5-14(12-21)20-17(22)13-6-7-15-16(11-13)25-10-9-24-15/h6-7,11,14H,4-5,8-10,12H2,1-3H3,(H,20,22). The van der Waals surface area contributed by atoms with Crippen molar-refractivity contribution >= 4 is 12.0 Å². The average molecular weight is 362 g/mol. The van der Waals surface area contributed by atoms with Crippen molar-refractivity contribution in [3.8, 4) is 11.5 Å². The molecule has 1 unspecified atom stereocenters. The fourth-order valence-corrected chi connectivity index (χ4v) is 3.04. The number of ether oxygens (including phenoxy) is 3. The van der Waals surface area contributed by atoms with Crippen LogP contribution in [0.3, 0.4) is 0 Å². The molecule has 2 aliphatic heterocycles. The number of hydrogen-bond donors (Lipinski definition) is 1. The molecule has 142 valence electrons. The van der Waals surface area contributed by atoms with Crippen molar-refractivity contribution in [3.05, 3.63) is 23.8 Å². The van der Waals surface area contributed by atoms with Crippen molar-refractivity contribution in [2.45, 2.75) is 45.3 Å². The third-order valence-electron chi connectivity index (χ3n) is 4.21. The fourth-order valence-electron chi connectivity index (χ4n) is 3.04. The molecule has 0 radical (unpaired) electrons. The van der Waals surface area contributed by atoms with Crippen LogP contribution in [-0.2, 0) is 4.74 Å². The second kappa shape index (κ2) is 7.43. The number of nitrogens with one attached hydrogen (secondary N) is 1. The SMILES string of the molecule is CC(C)(C)OC(=O)N1CCCC(NC(=O)c2ccc3c(c2)OCCO3)C1. The van der Waals surface area contributed by atoms with Gasteiger partial charge in [0, 0.05) is 24.7 Å². The van der Waals surface area contributed by atoms with Crippen molar-refractivity contribution in [1.29, 1.82) is 0 Å². The normalized spacial score (nSPS) is 19.7. The number of carbonyl (C=O) groups excluding carboxylic acids is 2. The Hall–Kier alpha value is -2.44. The molecular weight excluding hydrogens is 336 g/mol. The number of benzene rings is 1. The van der Waals surface area contributed by atoms with E-state index in [0.717, 1.165) is 12.8 Å². The number of fused-ring (bicyclic) bond motifs is 1. The first kappa shape index (κ1) is 18.4. The summed E-state index contributed by atoms with van der Waals surface area (Å²) in [7, 11) is 0. The van der Waals surface area contributed by atoms with Gasteiger partial charge in [0.15, 0.2) is 11.5 Å². The molecule has 1 atom stereocenters. The highest BCUT2D eigenvalue weighted by molar-refractivity contribution is 5.95. The van der Waals surface area contributed by atoms with E-state index in [1.165, 1.54) is 0 Å². The maximum atomic E-state index is 12.6. The van der Waals surface area contributed by atoms with Crippen molar-refractivity contribution in [1.82, 2.24) is 10.2 Å². The molecule has 2 amide bonds. The Morgan fingerprint density at radius 2 is 1.92 bits per heavy atom. The average Bonchev–Trinajstić information content (AvgIpc) is 2.60. The minimum absolute atomic E-state index is 0.100. The molecule has 1 saturated heterocycles. The predicted octanol–water partition coefficient (Wildman–Crippen LogP) is 2.59. The van der Waals surface area contributed by atoms with Gasteiger partial charge in [0.05, 0.1) is 0 Å². The Labute approximate surface area is 153 Å². The lowest BCUT2D eigenvalue weighted by Crippen LogP contribution is -2.50. The maximum Gasteiger partial charge on any atom is 0.410 e. The lowest BCUT2D eigenvalue weighted by Gasteiger charge is -2.34. The summed E-state index contributed by atoms with van der Waals surface area (Å²) in [6.45, 7) is 7.62. The largest absolute Gasteiger partial charge is 0.486 e. The van der Waals surface area contributed by atoms with Gasteiger partial charge in [-0.05, 0) is 51.8 Å². The minimum atomic E-state index is -0.529. The first-order chi connectivity index (χ1) is 12.3. The van der Waals surface area contributed by atoms with Crippen LogP contribution in [0, 0.1) is 0 Å². The van der Waals surface area contributed by atoms with E-state index in [-0.39, 0.29) is 18.0 Å². The number of likely N-dealkylation sites (tertiary alicyclic amines) is 1. The third-order valence-corrected chi connectivity index (χ3v) is 4.21. The molecular formula is C19H26N2O5. The zero-order valence-corrected chi connectivity index (χ0v) is 15.5. The van der Waals surface area contributed by atoms with Crippen LogP contribution < -0.4 is 14.8 Å². The smallest absolute Gasteiger partial charge is 0.410 e. The lowest BCUT2D eigenvalue weighted by atomic mass is 10.1. The summed E-state index contributed by atoms with van der Waals surface area (Å²) in [5, 5.41) is 3.00. The van der Waals surface area contributed by atoms with Crippen molar-refractivity contribution in [3.63, 3.8) is 0 Å². The van der Waals surface area contributed by atoms with E-state index in [1.54, 1.807) is 23.1 Å². The summed E-state index contributed by atoms with van der Waals surface area (Å²) < 4.78 is 16.4. The van der Waals surface area contributed by atoms with E-state index in [4.69, 9.17) is 14.2 Å². The van der Waals surface area contributed by atoms with Crippen LogP contribution in [0.4, 0.5) is 4.79 Å². The number of piperidine rings is 1. The van der Waals surface area contributed by atoms with Gasteiger partial charge in [-0.15, -0.1) is 0 Å². The van der Waals surface area contributed by atoms with Crippen LogP contribution >= 0.6 is 0 Å². The van der Waals surface area contributed by atoms with Gasteiger partial charge in [-0.1, -0.05) is 0 Å². The highest BCUT2D eigenvalue weighted by Crippen LogP contribution is 2.30. The lowest BCUT2D eigenvalue weighted by molar-refractivity contribution is 0.0185. The second-order valence-corrected chi connectivity index (χ2v) is 7.60. The summed E-state index contributed by atoms with van der Waals surface area (Å²) >= 11 is 0. The van der Waals surface area contributed by atoms with Crippen LogP contribution in [0.25, 0.3) is 0 Å². The van der Waals surface area contributed by atoms with Crippen molar-refractivity contribution in [2.24, 2.45) is 0 Å². The third kappa shape index (κ3) is 4.59. The molecule has 0 bridgehead atoms. The number of hydrogen-bond acceptors (Lipinski definition) is 5. The highest BCUT2D eigenvalue weighted by Gasteiger charge is 2.28. The Morgan fingerprint density at radius 1 is 1.19 bits per heavy atom. The number of carbonyl (C=O) groups is 2. The van der Waals surface area contributed by atoms with E-state index < -0.39 is 5.60 Å². The first-order valence-corrected chi connectivity index (χ1v) is 9.00. The topological polar surface area (TPSA) is 77.1 Å². The van der Waals surface area contributed by atoms with Gasteiger partial charge >= 0.3 is 6.09 Å². The van der Waals surface area contributed by atoms with Crippen LogP contribution in [0.5, 0.6) is 11.5 Å². The van der Waals surface area contributed by atoms with E-state index in [9.17, 15) is 9.59 Å². The molecule has 0 aromatic heterocycles. The van der Waals surface area contributed by atoms with E-state index >= 15 is 0 Å². The molecule has 1 aromatic rings. The zero-order chi connectivity index (χ0) is 18.7. The van der Waals surface area contributed by atoms with E-state index in [0.29, 0.717) is 43.4 Å². The van der Waals surface area contributed by atoms with Crippen LogP contribution in [-0.4, -0.2) is 54.8 Å². The predicted molar refractivity (Wildman–Crippen MR) is 95.7 cm³/mol. The molecule has 26 heavy (non-hydrogen) atoms. The molecule has 0 saturated carbocycles. The van der Waals surface area contributed by atoms with Gasteiger partial charge in [-0.2, -0.15) is 0 Å². The molecule has 7 nitrogen and oxygen atoms in total. The Morgan fingerprint density at radius 3 is 2.65 bits per heavy atom. The summed E-state index contributed by atoms with van der Waals surface area (Å²) in [6.07, 6.45) is 1.32. The summed E-state index contributed by atoms with van der Waals surface area (Å²) in [6, 6.07) is 5.06. The molecule has 1 aromatic carbocycles. The van der Waals surface area contributed by atoms with Crippen molar-refractivity contribution in [2.75, 3.05) is 26.3 Å². The van der Waals surface area contributed by atoms with Crippen LogP contribution in [0.2, 0.25) is 0 Å². The van der Waals surface area contributed by atoms with Crippen molar-refractivity contribution < 1.29 is 23.8 Å². The summed E-state index contributed by atoms with van der Waals surface area (Å²) in [5.74, 6) is 1.06. The molecule has 7 heteroatoms. The van der Waals surface area contributed by atoms with Gasteiger partial charge < -0.3 is 24.4 Å². The summed E-state index contributed by atoms with van der Waals surface area (Å²) in [4.78, 5) is 26.5. The van der Waals surface area contributed by atoms with Gasteiger partial charge in [0.1, 0.15) is 18.8 Å². The quantitative estimate of drug-likeness (QED) is 0.875. The number of amides is 2. The first-order valence-electron chi connectivity index (χ1n) is 9.00. The molecule has 3 rings (SSSR count). The zero-order valence-electron chi connectivity index (χ0n) is 15.5. The van der Waals surface area contributed by atoms with Gasteiger partial charge in [-0.25, -0.2) is 4.79 Å². The monoisotopic (exact) mass is 362 g/mol. The number of nitrogens with zero attached hydrogens (tertiary/aromatic N) is 1. The molecule has 1 N–H and O–H groups in total. The van der Waals surface area contributed by atoms with Gasteiger partial charge in [0.2, 0.25) is 0 Å². The maximum absolute atomic E-state index is 12.6. The molecule has 0 spiro atoms. The molecule has 1 fully saturated rings. The number of rotatable bonds is 2.